The first-order valence-electron chi connectivity index (χ1n) is 3.65. The fraction of sp³-hybridized carbons (Fsp3) is 0.500. The van der Waals surface area contributed by atoms with Crippen molar-refractivity contribution in [3.8, 4) is 0 Å². The van der Waals surface area contributed by atoms with Crippen LogP contribution in [0.5, 0.6) is 0 Å². The molecule has 0 N–H and O–H groups in total. The van der Waals surface area contributed by atoms with Crippen LogP contribution in [0.25, 0.3) is 0 Å². The van der Waals surface area contributed by atoms with Gasteiger partial charge in [0.1, 0.15) is 0 Å². The normalized spacial score (nSPS) is 29.2. The van der Waals surface area contributed by atoms with Crippen LogP contribution < -0.4 is 0 Å². The third kappa shape index (κ3) is 1.85. The topological polar surface area (TPSA) is 43.1 Å². The number of hydrogen-bond donors (Lipinski definition) is 0. The van der Waals surface area contributed by atoms with Crippen LogP contribution in [0.2, 0.25) is 0 Å². The third-order valence-electron chi connectivity index (χ3n) is 1.83. The van der Waals surface area contributed by atoms with Gasteiger partial charge in [-0.15, -0.1) is 11.6 Å². The van der Waals surface area contributed by atoms with Crippen LogP contribution in [0.1, 0.15) is 20.3 Å². The monoisotopic (exact) mass is 187 g/mol. The first-order chi connectivity index (χ1) is 5.42. The van der Waals surface area contributed by atoms with Crippen molar-refractivity contribution in [3.63, 3.8) is 0 Å². The summed E-state index contributed by atoms with van der Waals surface area (Å²) in [4.78, 5) is 9.60. The van der Waals surface area contributed by atoms with Gasteiger partial charge >= 0.3 is 0 Å². The van der Waals surface area contributed by atoms with E-state index in [1.165, 1.54) is 6.08 Å². The highest BCUT2D eigenvalue weighted by Gasteiger charge is 2.27. The van der Waals surface area contributed by atoms with Gasteiger partial charge < -0.3 is 0 Å². The molecule has 1 atom stereocenters. The van der Waals surface area contributed by atoms with E-state index in [0.717, 1.165) is 5.57 Å². The Morgan fingerprint density at radius 1 is 1.75 bits per heavy atom. The van der Waals surface area contributed by atoms with Gasteiger partial charge in [-0.2, -0.15) is 0 Å². The molecule has 0 aliphatic heterocycles. The zero-order chi connectivity index (χ0) is 9.35. The molecule has 1 aliphatic carbocycles. The fourth-order valence-electron chi connectivity index (χ4n) is 1.28. The SMILES string of the molecule is CC1=C([N+](=O)[O-])C=CC(C)(Cl)C1. The molecule has 0 amide bonds. The quantitative estimate of drug-likeness (QED) is 0.360. The highest BCUT2D eigenvalue weighted by Crippen LogP contribution is 2.31. The minimum absolute atomic E-state index is 0.174. The molecule has 1 aliphatic rings. The average Bonchev–Trinajstić information content (AvgIpc) is 1.83. The Bertz CT molecular complexity index is 279. The van der Waals surface area contributed by atoms with Crippen molar-refractivity contribution in [3.05, 3.63) is 33.5 Å². The molecule has 12 heavy (non-hydrogen) atoms. The zero-order valence-corrected chi connectivity index (χ0v) is 7.76. The Morgan fingerprint density at radius 3 is 2.75 bits per heavy atom. The molecule has 0 heterocycles. The highest BCUT2D eigenvalue weighted by molar-refractivity contribution is 6.25. The molecule has 0 aromatic carbocycles. The fourth-order valence-corrected chi connectivity index (χ4v) is 1.54. The lowest BCUT2D eigenvalue weighted by molar-refractivity contribution is -0.420. The molecule has 0 spiro atoms. The maximum absolute atomic E-state index is 10.4. The van der Waals surface area contributed by atoms with Crippen molar-refractivity contribution in [2.75, 3.05) is 0 Å². The summed E-state index contributed by atoms with van der Waals surface area (Å²) in [6.07, 6.45) is 3.69. The average molecular weight is 188 g/mol. The van der Waals surface area contributed by atoms with Crippen LogP contribution in [0.4, 0.5) is 0 Å². The van der Waals surface area contributed by atoms with E-state index in [9.17, 15) is 10.1 Å². The van der Waals surface area contributed by atoms with Gasteiger partial charge in [-0.3, -0.25) is 10.1 Å². The molecule has 0 saturated heterocycles. The highest BCUT2D eigenvalue weighted by atomic mass is 35.5. The maximum atomic E-state index is 10.4. The summed E-state index contributed by atoms with van der Waals surface area (Å²) in [5, 5.41) is 10.4. The standard InChI is InChI=1S/C8H10ClNO2/c1-6-5-8(2,9)4-3-7(6)10(11)12/h3-4H,5H2,1-2H3. The summed E-state index contributed by atoms with van der Waals surface area (Å²) in [5.41, 5.74) is 0.910. The van der Waals surface area contributed by atoms with Crippen LogP contribution in [0, 0.1) is 10.1 Å². The number of rotatable bonds is 1. The van der Waals surface area contributed by atoms with Gasteiger partial charge in [-0.25, -0.2) is 0 Å². The van der Waals surface area contributed by atoms with Crippen LogP contribution in [-0.4, -0.2) is 9.80 Å². The lowest BCUT2D eigenvalue weighted by atomic mass is 9.94. The minimum Gasteiger partial charge on any atom is -0.258 e. The Labute approximate surface area is 75.9 Å². The van der Waals surface area contributed by atoms with Crippen LogP contribution in [0.15, 0.2) is 23.4 Å². The predicted molar refractivity (Wildman–Crippen MR) is 47.7 cm³/mol. The Morgan fingerprint density at radius 2 is 2.33 bits per heavy atom. The Hall–Kier alpha value is -0.830. The number of nitrogens with zero attached hydrogens (tertiary/aromatic N) is 1. The smallest absolute Gasteiger partial charge is 0.258 e. The first kappa shape index (κ1) is 9.26. The van der Waals surface area contributed by atoms with E-state index in [1.807, 2.05) is 6.92 Å². The Balaban J connectivity index is 2.95. The summed E-state index contributed by atoms with van der Waals surface area (Å²) in [5.74, 6) is 0. The molecule has 0 bridgehead atoms. The zero-order valence-electron chi connectivity index (χ0n) is 7.00. The van der Waals surface area contributed by atoms with E-state index < -0.39 is 4.87 Å². The van der Waals surface area contributed by atoms with Gasteiger partial charge in [0.2, 0.25) is 0 Å². The number of allylic oxidation sites excluding steroid dienone is 3. The largest absolute Gasteiger partial charge is 0.268 e. The molecule has 0 saturated carbocycles. The van der Waals surface area contributed by atoms with Gasteiger partial charge in [0.05, 0.1) is 9.80 Å². The van der Waals surface area contributed by atoms with Crippen LogP contribution in [0.3, 0.4) is 0 Å². The second kappa shape index (κ2) is 2.90. The van der Waals surface area contributed by atoms with E-state index in [4.69, 9.17) is 11.6 Å². The van der Waals surface area contributed by atoms with E-state index in [1.54, 1.807) is 13.0 Å². The summed E-state index contributed by atoms with van der Waals surface area (Å²) >= 11 is 5.99. The van der Waals surface area contributed by atoms with Crippen molar-refractivity contribution in [2.24, 2.45) is 0 Å². The second-order valence-corrected chi connectivity index (χ2v) is 4.07. The number of alkyl halides is 1. The summed E-state index contributed by atoms with van der Waals surface area (Å²) in [6, 6.07) is 0. The lowest BCUT2D eigenvalue weighted by Crippen LogP contribution is -2.18. The molecule has 66 valence electrons. The van der Waals surface area contributed by atoms with E-state index in [2.05, 4.69) is 0 Å². The molecule has 0 fully saturated rings. The second-order valence-electron chi connectivity index (χ2n) is 3.21. The third-order valence-corrected chi connectivity index (χ3v) is 2.09. The summed E-state index contributed by atoms with van der Waals surface area (Å²) < 4.78 is 0. The molecule has 0 aromatic rings. The van der Waals surface area contributed by atoms with Gasteiger partial charge in [-0.05, 0) is 20.3 Å². The first-order valence-corrected chi connectivity index (χ1v) is 4.02. The molecular formula is C8H10ClNO2. The Kier molecular flexibility index (Phi) is 2.24. The summed E-state index contributed by atoms with van der Waals surface area (Å²) in [7, 11) is 0. The van der Waals surface area contributed by atoms with Gasteiger partial charge in [-0.1, -0.05) is 6.08 Å². The molecule has 4 heteroatoms. The van der Waals surface area contributed by atoms with E-state index >= 15 is 0 Å². The molecular weight excluding hydrogens is 178 g/mol. The van der Waals surface area contributed by atoms with Crippen molar-refractivity contribution in [2.45, 2.75) is 25.1 Å². The van der Waals surface area contributed by atoms with Gasteiger partial charge in [0.25, 0.3) is 5.70 Å². The van der Waals surface area contributed by atoms with E-state index in [0.29, 0.717) is 6.42 Å². The van der Waals surface area contributed by atoms with Crippen molar-refractivity contribution in [1.82, 2.24) is 0 Å². The van der Waals surface area contributed by atoms with Crippen LogP contribution in [-0.2, 0) is 0 Å². The van der Waals surface area contributed by atoms with Crippen LogP contribution >= 0.6 is 11.6 Å². The van der Waals surface area contributed by atoms with E-state index in [-0.39, 0.29) is 10.6 Å². The maximum Gasteiger partial charge on any atom is 0.268 e. The van der Waals surface area contributed by atoms with Gasteiger partial charge in [0, 0.05) is 11.6 Å². The van der Waals surface area contributed by atoms with Crippen molar-refractivity contribution < 1.29 is 4.92 Å². The molecule has 0 radical (unpaired) electrons. The van der Waals surface area contributed by atoms with Crippen molar-refractivity contribution in [1.29, 1.82) is 0 Å². The molecule has 3 nitrogen and oxygen atoms in total. The molecule has 1 rings (SSSR count). The summed E-state index contributed by atoms with van der Waals surface area (Å²) in [6.45, 7) is 3.58. The lowest BCUT2D eigenvalue weighted by Gasteiger charge is -2.20. The van der Waals surface area contributed by atoms with Gasteiger partial charge in [0.15, 0.2) is 0 Å². The number of halogens is 1. The molecule has 0 aromatic heterocycles. The van der Waals surface area contributed by atoms with Crippen molar-refractivity contribution >= 4 is 11.6 Å². The minimum atomic E-state index is -0.455. The number of hydrogen-bond acceptors (Lipinski definition) is 2. The number of nitro groups is 1. The predicted octanol–water partition coefficient (Wildman–Crippen LogP) is 2.49. The molecule has 1 unspecified atom stereocenters.